The Morgan fingerprint density at radius 3 is 2.79 bits per heavy atom. The zero-order valence-corrected chi connectivity index (χ0v) is 13.8. The Morgan fingerprint density at radius 1 is 1.08 bits per heavy atom. The Kier molecular flexibility index (Phi) is 3.63. The first-order valence-electron chi connectivity index (χ1n) is 7.47. The molecule has 0 saturated heterocycles. The Morgan fingerprint density at radius 2 is 1.92 bits per heavy atom. The zero-order valence-electron chi connectivity index (χ0n) is 12.9. The quantitative estimate of drug-likeness (QED) is 0.590. The first kappa shape index (κ1) is 14.7. The van der Waals surface area contributed by atoms with E-state index >= 15 is 0 Å². The topological polar surface area (TPSA) is 51.2 Å². The summed E-state index contributed by atoms with van der Waals surface area (Å²) in [5, 5.41) is 6.72. The van der Waals surface area contributed by atoms with Crippen LogP contribution in [0.3, 0.4) is 0 Å². The number of carbonyl (C=O) groups excluding carboxylic acids is 1. The third-order valence-corrected chi connectivity index (χ3v) is 4.89. The molecule has 1 N–H and O–H groups in total. The zero-order chi connectivity index (χ0) is 16.5. The van der Waals surface area contributed by atoms with Crippen molar-refractivity contribution in [2.75, 3.05) is 12.4 Å². The van der Waals surface area contributed by atoms with Crippen molar-refractivity contribution < 1.29 is 9.53 Å². The van der Waals surface area contributed by atoms with Gasteiger partial charge >= 0.3 is 0 Å². The van der Waals surface area contributed by atoms with Gasteiger partial charge in [-0.1, -0.05) is 18.2 Å². The van der Waals surface area contributed by atoms with Crippen molar-refractivity contribution in [2.24, 2.45) is 0 Å². The number of aromatic nitrogens is 1. The summed E-state index contributed by atoms with van der Waals surface area (Å²) in [7, 11) is 1.61. The largest absolute Gasteiger partial charge is 0.494 e. The molecule has 0 bridgehead atoms. The van der Waals surface area contributed by atoms with Crippen LogP contribution in [0, 0.1) is 0 Å². The molecule has 4 nitrogen and oxygen atoms in total. The number of carbonyl (C=O) groups is 1. The van der Waals surface area contributed by atoms with Crippen molar-refractivity contribution in [1.29, 1.82) is 0 Å². The van der Waals surface area contributed by atoms with E-state index in [9.17, 15) is 4.79 Å². The van der Waals surface area contributed by atoms with Crippen LogP contribution in [0.15, 0.2) is 60.1 Å². The number of benzene rings is 2. The molecule has 0 saturated carbocycles. The average molecular weight is 334 g/mol. The van der Waals surface area contributed by atoms with Gasteiger partial charge in [-0.2, -0.15) is 0 Å². The highest BCUT2D eigenvalue weighted by Crippen LogP contribution is 2.31. The van der Waals surface area contributed by atoms with E-state index in [0.717, 1.165) is 26.7 Å². The second kappa shape index (κ2) is 5.94. The molecule has 0 radical (unpaired) electrons. The second-order valence-corrected chi connectivity index (χ2v) is 6.23. The standard InChI is InChI=1S/C19H14N2O2S/c1-23-16-9-8-15(13-6-4-10-20-18(13)16)21-19(22)14-11-24-17-7-3-2-5-12(14)17/h2-11H,1H3,(H,21,22). The minimum absolute atomic E-state index is 0.122. The number of pyridine rings is 1. The Labute approximate surface area is 142 Å². The van der Waals surface area contributed by atoms with Crippen LogP contribution in [0.4, 0.5) is 5.69 Å². The molecule has 2 heterocycles. The number of anilines is 1. The highest BCUT2D eigenvalue weighted by Gasteiger charge is 2.14. The van der Waals surface area contributed by atoms with E-state index in [1.54, 1.807) is 24.6 Å². The van der Waals surface area contributed by atoms with E-state index in [1.807, 2.05) is 53.9 Å². The van der Waals surface area contributed by atoms with Gasteiger partial charge in [-0.05, 0) is 30.3 Å². The predicted molar refractivity (Wildman–Crippen MR) is 98.1 cm³/mol. The monoisotopic (exact) mass is 334 g/mol. The van der Waals surface area contributed by atoms with Crippen molar-refractivity contribution in [1.82, 2.24) is 4.98 Å². The lowest BCUT2D eigenvalue weighted by Crippen LogP contribution is -2.11. The molecular formula is C19H14N2O2S. The molecule has 2 aromatic heterocycles. The lowest BCUT2D eigenvalue weighted by Gasteiger charge is -2.10. The van der Waals surface area contributed by atoms with Crippen LogP contribution in [0.1, 0.15) is 10.4 Å². The number of hydrogen-bond acceptors (Lipinski definition) is 4. The number of ether oxygens (including phenoxy) is 1. The van der Waals surface area contributed by atoms with Gasteiger partial charge in [0.2, 0.25) is 0 Å². The molecule has 2 aromatic carbocycles. The molecule has 5 heteroatoms. The summed E-state index contributed by atoms with van der Waals surface area (Å²) in [4.78, 5) is 17.1. The molecule has 4 rings (SSSR count). The van der Waals surface area contributed by atoms with Crippen molar-refractivity contribution in [3.05, 3.63) is 65.7 Å². The van der Waals surface area contributed by atoms with Gasteiger partial charge in [0.1, 0.15) is 11.3 Å². The van der Waals surface area contributed by atoms with E-state index < -0.39 is 0 Å². The van der Waals surface area contributed by atoms with Crippen LogP contribution < -0.4 is 10.1 Å². The SMILES string of the molecule is COc1ccc(NC(=O)c2csc3ccccc23)c2cccnc12. The van der Waals surface area contributed by atoms with Gasteiger partial charge in [0.25, 0.3) is 5.91 Å². The average Bonchev–Trinajstić information content (AvgIpc) is 3.06. The van der Waals surface area contributed by atoms with Crippen molar-refractivity contribution in [3.63, 3.8) is 0 Å². The summed E-state index contributed by atoms with van der Waals surface area (Å²) >= 11 is 1.57. The van der Waals surface area contributed by atoms with E-state index in [1.165, 1.54) is 0 Å². The highest BCUT2D eigenvalue weighted by atomic mass is 32.1. The van der Waals surface area contributed by atoms with Gasteiger partial charge in [0.15, 0.2) is 0 Å². The fourth-order valence-electron chi connectivity index (χ4n) is 2.76. The molecule has 0 unspecified atom stereocenters. The van der Waals surface area contributed by atoms with E-state index in [0.29, 0.717) is 11.3 Å². The summed E-state index contributed by atoms with van der Waals surface area (Å²) in [5.41, 5.74) is 2.13. The van der Waals surface area contributed by atoms with Crippen LogP contribution in [0.25, 0.3) is 21.0 Å². The van der Waals surface area contributed by atoms with E-state index in [4.69, 9.17) is 4.74 Å². The van der Waals surface area contributed by atoms with Gasteiger partial charge in [0.05, 0.1) is 18.4 Å². The summed E-state index contributed by atoms with van der Waals surface area (Å²) in [6.45, 7) is 0. The number of nitrogens with zero attached hydrogens (tertiary/aromatic N) is 1. The lowest BCUT2D eigenvalue weighted by atomic mass is 10.1. The number of thiophene rings is 1. The number of methoxy groups -OCH3 is 1. The summed E-state index contributed by atoms with van der Waals surface area (Å²) < 4.78 is 6.44. The normalized spacial score (nSPS) is 10.9. The third-order valence-electron chi connectivity index (χ3n) is 3.93. The number of amides is 1. The van der Waals surface area contributed by atoms with Crippen molar-refractivity contribution >= 4 is 43.9 Å². The molecular weight excluding hydrogens is 320 g/mol. The lowest BCUT2D eigenvalue weighted by molar-refractivity contribution is 0.102. The fourth-order valence-corrected chi connectivity index (χ4v) is 3.70. The minimum atomic E-state index is -0.122. The number of fused-ring (bicyclic) bond motifs is 2. The molecule has 4 aromatic rings. The summed E-state index contributed by atoms with van der Waals surface area (Å²) in [6, 6.07) is 15.3. The molecule has 0 aliphatic carbocycles. The van der Waals surface area contributed by atoms with Crippen molar-refractivity contribution in [2.45, 2.75) is 0 Å². The maximum Gasteiger partial charge on any atom is 0.257 e. The Balaban J connectivity index is 1.76. The number of hydrogen-bond donors (Lipinski definition) is 1. The maximum atomic E-state index is 12.7. The van der Waals surface area contributed by atoms with E-state index in [-0.39, 0.29) is 5.91 Å². The number of nitrogens with one attached hydrogen (secondary N) is 1. The Hall–Kier alpha value is -2.92. The smallest absolute Gasteiger partial charge is 0.257 e. The summed E-state index contributed by atoms with van der Waals surface area (Å²) in [6.07, 6.45) is 1.71. The molecule has 24 heavy (non-hydrogen) atoms. The predicted octanol–water partition coefficient (Wildman–Crippen LogP) is 4.71. The van der Waals surface area contributed by atoms with Gasteiger partial charge < -0.3 is 10.1 Å². The van der Waals surface area contributed by atoms with Gasteiger partial charge in [-0.25, -0.2) is 0 Å². The molecule has 1 amide bonds. The van der Waals surface area contributed by atoms with Crippen LogP contribution >= 0.6 is 11.3 Å². The molecule has 118 valence electrons. The first-order valence-corrected chi connectivity index (χ1v) is 8.35. The van der Waals surface area contributed by atoms with Gasteiger partial charge in [-0.3, -0.25) is 9.78 Å². The second-order valence-electron chi connectivity index (χ2n) is 5.31. The highest BCUT2D eigenvalue weighted by molar-refractivity contribution is 7.17. The first-order chi connectivity index (χ1) is 11.8. The molecule has 0 atom stereocenters. The Bertz CT molecular complexity index is 1060. The molecule has 0 fully saturated rings. The third kappa shape index (κ3) is 2.39. The molecule has 0 aliphatic rings. The summed E-state index contributed by atoms with van der Waals surface area (Å²) in [5.74, 6) is 0.562. The maximum absolute atomic E-state index is 12.7. The van der Waals surface area contributed by atoms with Crippen LogP contribution in [0.5, 0.6) is 5.75 Å². The van der Waals surface area contributed by atoms with Crippen molar-refractivity contribution in [3.8, 4) is 5.75 Å². The minimum Gasteiger partial charge on any atom is -0.494 e. The van der Waals surface area contributed by atoms with Crippen LogP contribution in [-0.4, -0.2) is 18.0 Å². The van der Waals surface area contributed by atoms with Crippen LogP contribution in [-0.2, 0) is 0 Å². The van der Waals surface area contributed by atoms with E-state index in [2.05, 4.69) is 10.3 Å². The van der Waals surface area contributed by atoms with Crippen LogP contribution in [0.2, 0.25) is 0 Å². The molecule has 0 aliphatic heterocycles. The van der Waals surface area contributed by atoms with Gasteiger partial charge in [0, 0.05) is 27.0 Å². The number of rotatable bonds is 3. The van der Waals surface area contributed by atoms with Gasteiger partial charge in [-0.15, -0.1) is 11.3 Å². The fraction of sp³-hybridized carbons (Fsp3) is 0.0526. The molecule has 0 spiro atoms.